The van der Waals surface area contributed by atoms with Crippen LogP contribution in [0.1, 0.15) is 25.3 Å². The van der Waals surface area contributed by atoms with Gasteiger partial charge < -0.3 is 4.42 Å². The van der Waals surface area contributed by atoms with E-state index in [0.29, 0.717) is 22.0 Å². The number of halogens is 2. The number of benzene rings is 1. The maximum Gasteiger partial charge on any atom is 0.339 e. The van der Waals surface area contributed by atoms with Crippen LogP contribution in [-0.2, 0) is 11.2 Å². The predicted molar refractivity (Wildman–Crippen MR) is 81.5 cm³/mol. The Bertz CT molecular complexity index is 689. The first-order valence-electron chi connectivity index (χ1n) is 5.94. The van der Waals surface area contributed by atoms with E-state index in [1.165, 1.54) is 0 Å². The van der Waals surface area contributed by atoms with Crippen LogP contribution in [0.5, 0.6) is 0 Å². The number of hydrogen-bond donors (Lipinski definition) is 0. The zero-order chi connectivity index (χ0) is 14.0. The molecule has 1 heterocycles. The summed E-state index contributed by atoms with van der Waals surface area (Å²) in [7, 11) is 0. The molecule has 3 nitrogen and oxygen atoms in total. The minimum atomic E-state index is -0.444. The van der Waals surface area contributed by atoms with E-state index in [1.54, 1.807) is 6.07 Å². The Morgan fingerprint density at radius 2 is 2.00 bits per heavy atom. The summed E-state index contributed by atoms with van der Waals surface area (Å²) in [6, 6.07) is 5.40. The molecule has 5 heteroatoms. The van der Waals surface area contributed by atoms with Gasteiger partial charge in [0.2, 0.25) is 0 Å². The predicted octanol–water partition coefficient (Wildman–Crippen LogP) is 4.23. The molecular formula is C14H12Br2O3. The third kappa shape index (κ3) is 3.34. The van der Waals surface area contributed by atoms with Gasteiger partial charge in [-0.05, 0) is 40.5 Å². The first-order valence-corrected chi connectivity index (χ1v) is 7.53. The SMILES string of the molecule is CCCC(=O)Cc1cc2cc(Br)cc(Br)c2oc1=O. The molecular weight excluding hydrogens is 376 g/mol. The molecule has 0 aliphatic rings. The Balaban J connectivity index is 2.49. The average Bonchev–Trinajstić information content (AvgIpc) is 2.31. The second-order valence-corrected chi connectivity index (χ2v) is 6.10. The summed E-state index contributed by atoms with van der Waals surface area (Å²) in [5.74, 6) is 0.0585. The molecule has 100 valence electrons. The molecule has 1 aromatic heterocycles. The van der Waals surface area contributed by atoms with Crippen LogP contribution in [0.4, 0.5) is 0 Å². The van der Waals surface area contributed by atoms with Gasteiger partial charge in [-0.3, -0.25) is 4.79 Å². The Hall–Kier alpha value is -0.940. The van der Waals surface area contributed by atoms with Crippen molar-refractivity contribution in [2.75, 3.05) is 0 Å². The highest BCUT2D eigenvalue weighted by Crippen LogP contribution is 2.28. The molecule has 0 saturated heterocycles. The van der Waals surface area contributed by atoms with E-state index in [0.717, 1.165) is 16.3 Å². The van der Waals surface area contributed by atoms with Crippen LogP contribution >= 0.6 is 31.9 Å². The molecule has 2 aromatic rings. The van der Waals surface area contributed by atoms with Crippen LogP contribution in [0.2, 0.25) is 0 Å². The van der Waals surface area contributed by atoms with Gasteiger partial charge in [-0.15, -0.1) is 0 Å². The first-order chi connectivity index (χ1) is 9.01. The van der Waals surface area contributed by atoms with Gasteiger partial charge in [0.1, 0.15) is 5.78 Å². The van der Waals surface area contributed by atoms with E-state index < -0.39 is 5.63 Å². The molecule has 0 radical (unpaired) electrons. The molecule has 0 aliphatic carbocycles. The molecule has 0 unspecified atom stereocenters. The maximum atomic E-state index is 11.9. The fourth-order valence-corrected chi connectivity index (χ4v) is 3.24. The normalized spacial score (nSPS) is 10.9. The van der Waals surface area contributed by atoms with Crippen molar-refractivity contribution in [1.82, 2.24) is 0 Å². The lowest BCUT2D eigenvalue weighted by Gasteiger charge is -2.04. The fraction of sp³-hybridized carbons (Fsp3) is 0.286. The van der Waals surface area contributed by atoms with Gasteiger partial charge in [0.05, 0.1) is 4.47 Å². The Morgan fingerprint density at radius 1 is 1.26 bits per heavy atom. The summed E-state index contributed by atoms with van der Waals surface area (Å²) in [5, 5.41) is 0.792. The topological polar surface area (TPSA) is 47.3 Å². The lowest BCUT2D eigenvalue weighted by atomic mass is 10.1. The van der Waals surface area contributed by atoms with Crippen LogP contribution in [0, 0.1) is 0 Å². The van der Waals surface area contributed by atoms with Gasteiger partial charge in [0.15, 0.2) is 5.58 Å². The summed E-state index contributed by atoms with van der Waals surface area (Å²) in [4.78, 5) is 23.5. The lowest BCUT2D eigenvalue weighted by Crippen LogP contribution is -2.12. The number of rotatable bonds is 4. The van der Waals surface area contributed by atoms with Crippen molar-refractivity contribution in [3.05, 3.63) is 43.1 Å². The third-order valence-corrected chi connectivity index (χ3v) is 3.79. The number of hydrogen-bond acceptors (Lipinski definition) is 3. The molecule has 0 aliphatic heterocycles. The van der Waals surface area contributed by atoms with Gasteiger partial charge in [0.25, 0.3) is 0 Å². The zero-order valence-electron chi connectivity index (χ0n) is 10.3. The largest absolute Gasteiger partial charge is 0.421 e. The molecule has 2 rings (SSSR count). The minimum Gasteiger partial charge on any atom is -0.421 e. The highest BCUT2D eigenvalue weighted by atomic mass is 79.9. The first kappa shape index (κ1) is 14.5. The monoisotopic (exact) mass is 386 g/mol. The van der Waals surface area contributed by atoms with Crippen molar-refractivity contribution >= 4 is 48.6 Å². The van der Waals surface area contributed by atoms with Crippen LogP contribution in [-0.4, -0.2) is 5.78 Å². The third-order valence-electron chi connectivity index (χ3n) is 2.74. The van der Waals surface area contributed by atoms with E-state index in [1.807, 2.05) is 19.1 Å². The molecule has 0 fully saturated rings. The van der Waals surface area contributed by atoms with E-state index in [-0.39, 0.29) is 12.2 Å². The van der Waals surface area contributed by atoms with E-state index in [9.17, 15) is 9.59 Å². The number of carbonyl (C=O) groups is 1. The van der Waals surface area contributed by atoms with Gasteiger partial charge in [-0.25, -0.2) is 4.79 Å². The summed E-state index contributed by atoms with van der Waals surface area (Å²) >= 11 is 6.74. The van der Waals surface area contributed by atoms with Crippen molar-refractivity contribution in [1.29, 1.82) is 0 Å². The fourth-order valence-electron chi connectivity index (χ4n) is 1.90. The van der Waals surface area contributed by atoms with Crippen LogP contribution in [0.3, 0.4) is 0 Å². The number of Topliss-reactive ketones (excluding diaryl/α,β-unsaturated/α-hetero) is 1. The lowest BCUT2D eigenvalue weighted by molar-refractivity contribution is -0.118. The molecule has 0 amide bonds. The van der Waals surface area contributed by atoms with Gasteiger partial charge in [-0.1, -0.05) is 22.9 Å². The van der Waals surface area contributed by atoms with Crippen molar-refractivity contribution in [2.24, 2.45) is 0 Å². The Labute approximate surface area is 127 Å². The van der Waals surface area contributed by atoms with Crippen molar-refractivity contribution < 1.29 is 9.21 Å². The van der Waals surface area contributed by atoms with Crippen molar-refractivity contribution in [3.63, 3.8) is 0 Å². The van der Waals surface area contributed by atoms with Crippen LogP contribution in [0.25, 0.3) is 11.0 Å². The second-order valence-electron chi connectivity index (χ2n) is 4.33. The van der Waals surface area contributed by atoms with Crippen molar-refractivity contribution in [2.45, 2.75) is 26.2 Å². The minimum absolute atomic E-state index is 0.0585. The molecule has 0 saturated carbocycles. The number of ketones is 1. The molecule has 0 bridgehead atoms. The number of fused-ring (bicyclic) bond motifs is 1. The quantitative estimate of drug-likeness (QED) is 0.737. The van der Waals surface area contributed by atoms with Crippen molar-refractivity contribution in [3.8, 4) is 0 Å². The maximum absolute atomic E-state index is 11.9. The number of carbonyl (C=O) groups excluding carboxylic acids is 1. The molecule has 0 spiro atoms. The molecule has 19 heavy (non-hydrogen) atoms. The summed E-state index contributed by atoms with van der Waals surface area (Å²) in [6.07, 6.45) is 1.41. The van der Waals surface area contributed by atoms with Crippen LogP contribution < -0.4 is 5.63 Å². The highest BCUT2D eigenvalue weighted by molar-refractivity contribution is 9.11. The average molecular weight is 388 g/mol. The van der Waals surface area contributed by atoms with Gasteiger partial charge >= 0.3 is 5.63 Å². The van der Waals surface area contributed by atoms with E-state index in [2.05, 4.69) is 31.9 Å². The standard InChI is InChI=1S/C14H12Br2O3/c1-2-3-11(17)6-9-4-8-5-10(15)7-12(16)13(8)19-14(9)18/h4-5,7H,2-3,6H2,1H3. The van der Waals surface area contributed by atoms with Gasteiger partial charge in [0, 0.05) is 28.3 Å². The molecule has 0 N–H and O–H groups in total. The van der Waals surface area contributed by atoms with Crippen LogP contribution in [0.15, 0.2) is 36.4 Å². The summed E-state index contributed by atoms with van der Waals surface area (Å²) < 4.78 is 6.87. The molecule has 1 aromatic carbocycles. The smallest absolute Gasteiger partial charge is 0.339 e. The molecule has 0 atom stereocenters. The summed E-state index contributed by atoms with van der Waals surface area (Å²) in [5.41, 5.74) is 0.468. The van der Waals surface area contributed by atoms with Gasteiger partial charge in [-0.2, -0.15) is 0 Å². The van der Waals surface area contributed by atoms with E-state index >= 15 is 0 Å². The second kappa shape index (κ2) is 6.01. The zero-order valence-corrected chi connectivity index (χ0v) is 13.5. The highest BCUT2D eigenvalue weighted by Gasteiger charge is 2.11. The van der Waals surface area contributed by atoms with E-state index in [4.69, 9.17) is 4.42 Å². The Kier molecular flexibility index (Phi) is 4.58. The summed E-state index contributed by atoms with van der Waals surface area (Å²) in [6.45, 7) is 1.94. The Morgan fingerprint density at radius 3 is 2.68 bits per heavy atom.